The van der Waals surface area contributed by atoms with E-state index in [2.05, 4.69) is 20.0 Å². The largest absolute Gasteiger partial charge is 0.353 e. The molecule has 3 aromatic rings. The van der Waals surface area contributed by atoms with E-state index in [0.29, 0.717) is 43.6 Å². The van der Waals surface area contributed by atoms with Gasteiger partial charge in [-0.15, -0.1) is 0 Å². The van der Waals surface area contributed by atoms with Gasteiger partial charge in [0.2, 0.25) is 5.91 Å². The van der Waals surface area contributed by atoms with E-state index < -0.39 is 11.6 Å². The maximum absolute atomic E-state index is 14.2. The molecule has 4 rings (SSSR count). The van der Waals surface area contributed by atoms with Gasteiger partial charge in [-0.05, 0) is 43.7 Å². The third-order valence-corrected chi connectivity index (χ3v) is 5.38. The Morgan fingerprint density at radius 2 is 1.71 bits per heavy atom. The Bertz CT molecular complexity index is 1120. The summed E-state index contributed by atoms with van der Waals surface area (Å²) in [4.78, 5) is 24.7. The Labute approximate surface area is 179 Å². The van der Waals surface area contributed by atoms with E-state index in [1.165, 1.54) is 6.07 Å². The van der Waals surface area contributed by atoms with Crippen molar-refractivity contribution >= 4 is 11.7 Å². The van der Waals surface area contributed by atoms with Crippen molar-refractivity contribution < 1.29 is 13.6 Å². The molecule has 0 spiro atoms. The molecule has 31 heavy (non-hydrogen) atoms. The molecule has 1 amide bonds. The summed E-state index contributed by atoms with van der Waals surface area (Å²) in [6.45, 7) is 7.84. The number of nitrogens with zero attached hydrogens (tertiary/aromatic N) is 6. The van der Waals surface area contributed by atoms with Crippen LogP contribution in [0.4, 0.5) is 14.6 Å². The predicted octanol–water partition coefficient (Wildman–Crippen LogP) is 2.82. The highest BCUT2D eigenvalue weighted by molar-refractivity contribution is 5.73. The first-order valence-corrected chi connectivity index (χ1v) is 10.2. The van der Waals surface area contributed by atoms with Crippen LogP contribution < -0.4 is 4.90 Å². The van der Waals surface area contributed by atoms with Crippen LogP contribution in [0, 0.1) is 25.5 Å². The summed E-state index contributed by atoms with van der Waals surface area (Å²) in [5, 5.41) is 4.50. The van der Waals surface area contributed by atoms with Crippen molar-refractivity contribution in [1.29, 1.82) is 0 Å². The summed E-state index contributed by atoms with van der Waals surface area (Å²) in [6, 6.07) is 7.15. The first-order chi connectivity index (χ1) is 14.8. The van der Waals surface area contributed by atoms with Gasteiger partial charge in [-0.25, -0.2) is 23.4 Å². The smallest absolute Gasteiger partial charge is 0.219 e. The van der Waals surface area contributed by atoms with Crippen LogP contribution in [0.5, 0.6) is 0 Å². The van der Waals surface area contributed by atoms with Gasteiger partial charge in [0.25, 0.3) is 0 Å². The number of piperazine rings is 1. The number of hydrogen-bond acceptors (Lipinski definition) is 5. The zero-order valence-electron chi connectivity index (χ0n) is 17.8. The molecule has 162 valence electrons. The van der Waals surface area contributed by atoms with Gasteiger partial charge in [0, 0.05) is 51.3 Å². The topological polar surface area (TPSA) is 67.2 Å². The van der Waals surface area contributed by atoms with Crippen LogP contribution >= 0.6 is 0 Å². The van der Waals surface area contributed by atoms with Gasteiger partial charge in [0.15, 0.2) is 5.82 Å². The summed E-state index contributed by atoms with van der Waals surface area (Å²) >= 11 is 0. The highest BCUT2D eigenvalue weighted by atomic mass is 19.1. The number of aryl methyl sites for hydroxylation is 2. The SMILES string of the molecule is CC(=O)N1CCN(c2cc(-n3nc(C)cc3C)nc(Cc3cc(F)ccc3F)n2)CC1. The minimum Gasteiger partial charge on any atom is -0.353 e. The number of benzene rings is 1. The summed E-state index contributed by atoms with van der Waals surface area (Å²) in [7, 11) is 0. The van der Waals surface area contributed by atoms with E-state index >= 15 is 0 Å². The lowest BCUT2D eigenvalue weighted by atomic mass is 10.1. The number of aromatic nitrogens is 4. The summed E-state index contributed by atoms with van der Waals surface area (Å²) < 4.78 is 29.6. The molecule has 1 aromatic carbocycles. The average molecular weight is 426 g/mol. The van der Waals surface area contributed by atoms with Crippen molar-refractivity contribution in [1.82, 2.24) is 24.6 Å². The number of hydrogen-bond donors (Lipinski definition) is 0. The minimum absolute atomic E-state index is 0.0490. The molecule has 9 heteroatoms. The quantitative estimate of drug-likeness (QED) is 0.642. The van der Waals surface area contributed by atoms with E-state index in [9.17, 15) is 13.6 Å². The number of anilines is 1. The molecule has 0 N–H and O–H groups in total. The zero-order valence-corrected chi connectivity index (χ0v) is 17.8. The molecule has 0 aliphatic carbocycles. The van der Waals surface area contributed by atoms with Crippen LogP contribution in [0.2, 0.25) is 0 Å². The molecule has 1 aliphatic rings. The predicted molar refractivity (Wildman–Crippen MR) is 112 cm³/mol. The molecule has 7 nitrogen and oxygen atoms in total. The number of rotatable bonds is 4. The molecule has 1 aliphatic heterocycles. The summed E-state index contributed by atoms with van der Waals surface area (Å²) in [6.07, 6.45) is 0.0527. The van der Waals surface area contributed by atoms with Gasteiger partial charge in [0.05, 0.1) is 5.69 Å². The van der Waals surface area contributed by atoms with Crippen LogP contribution in [0.1, 0.15) is 29.7 Å². The lowest BCUT2D eigenvalue weighted by Gasteiger charge is -2.35. The van der Waals surface area contributed by atoms with Gasteiger partial charge < -0.3 is 9.80 Å². The third kappa shape index (κ3) is 4.55. The Kier molecular flexibility index (Phi) is 5.67. The van der Waals surface area contributed by atoms with E-state index in [0.717, 1.165) is 23.5 Å². The van der Waals surface area contributed by atoms with E-state index in [1.807, 2.05) is 26.0 Å². The molecule has 0 atom stereocenters. The van der Waals surface area contributed by atoms with Crippen molar-refractivity contribution in [2.75, 3.05) is 31.1 Å². The number of halogens is 2. The van der Waals surface area contributed by atoms with Crippen molar-refractivity contribution in [3.8, 4) is 5.82 Å². The molecule has 0 radical (unpaired) electrons. The average Bonchev–Trinajstić information content (AvgIpc) is 3.08. The summed E-state index contributed by atoms with van der Waals surface area (Å²) in [5.74, 6) is 0.653. The van der Waals surface area contributed by atoms with Crippen molar-refractivity contribution in [3.05, 3.63) is 64.7 Å². The third-order valence-electron chi connectivity index (χ3n) is 5.38. The van der Waals surface area contributed by atoms with Crippen molar-refractivity contribution in [3.63, 3.8) is 0 Å². The van der Waals surface area contributed by atoms with Gasteiger partial charge in [-0.2, -0.15) is 5.10 Å². The molecular formula is C22H24F2N6O. The Balaban J connectivity index is 1.71. The molecule has 3 heterocycles. The van der Waals surface area contributed by atoms with Gasteiger partial charge in [-0.3, -0.25) is 4.79 Å². The lowest BCUT2D eigenvalue weighted by Crippen LogP contribution is -2.48. The molecule has 0 saturated carbocycles. The van der Waals surface area contributed by atoms with E-state index in [1.54, 1.807) is 16.5 Å². The maximum atomic E-state index is 14.2. The molecule has 0 unspecified atom stereocenters. The fourth-order valence-electron chi connectivity index (χ4n) is 3.78. The molecule has 1 saturated heterocycles. The monoisotopic (exact) mass is 426 g/mol. The first kappa shape index (κ1) is 20.9. The highest BCUT2D eigenvalue weighted by Crippen LogP contribution is 2.21. The van der Waals surface area contributed by atoms with E-state index in [-0.39, 0.29) is 17.9 Å². The van der Waals surface area contributed by atoms with Gasteiger partial charge in [0.1, 0.15) is 23.3 Å². The fraction of sp³-hybridized carbons (Fsp3) is 0.364. The molecular weight excluding hydrogens is 402 g/mol. The normalized spacial score (nSPS) is 14.2. The second-order valence-corrected chi connectivity index (χ2v) is 7.75. The number of carbonyl (C=O) groups is 1. The Morgan fingerprint density at radius 3 is 2.35 bits per heavy atom. The van der Waals surface area contributed by atoms with Crippen LogP contribution in [-0.4, -0.2) is 56.7 Å². The second-order valence-electron chi connectivity index (χ2n) is 7.75. The standard InChI is InChI=1S/C22H24F2N6O/c1-14-10-15(2)30(27-14)22-13-21(29-8-6-28(7-9-29)16(3)31)25-20(26-22)12-17-11-18(23)4-5-19(17)24/h4-5,10-11,13H,6-9,12H2,1-3H3. The van der Waals surface area contributed by atoms with Gasteiger partial charge in [-0.1, -0.05) is 0 Å². The molecule has 2 aromatic heterocycles. The minimum atomic E-state index is -0.508. The first-order valence-electron chi connectivity index (χ1n) is 10.2. The van der Waals surface area contributed by atoms with Crippen LogP contribution in [-0.2, 0) is 11.2 Å². The molecule has 0 bridgehead atoms. The summed E-state index contributed by atoms with van der Waals surface area (Å²) in [5.41, 5.74) is 1.95. The Morgan fingerprint density at radius 1 is 1.00 bits per heavy atom. The van der Waals surface area contributed by atoms with Crippen LogP contribution in [0.25, 0.3) is 5.82 Å². The van der Waals surface area contributed by atoms with E-state index in [4.69, 9.17) is 0 Å². The van der Waals surface area contributed by atoms with Crippen LogP contribution in [0.3, 0.4) is 0 Å². The maximum Gasteiger partial charge on any atom is 0.219 e. The lowest BCUT2D eigenvalue weighted by molar-refractivity contribution is -0.129. The second kappa shape index (κ2) is 8.41. The Hall–Kier alpha value is -3.36. The van der Waals surface area contributed by atoms with Crippen molar-refractivity contribution in [2.24, 2.45) is 0 Å². The number of amides is 1. The molecule has 1 fully saturated rings. The van der Waals surface area contributed by atoms with Crippen molar-refractivity contribution in [2.45, 2.75) is 27.2 Å². The highest BCUT2D eigenvalue weighted by Gasteiger charge is 2.22. The fourth-order valence-corrected chi connectivity index (χ4v) is 3.78. The number of carbonyl (C=O) groups excluding carboxylic acids is 1. The van der Waals surface area contributed by atoms with Crippen LogP contribution in [0.15, 0.2) is 30.3 Å². The zero-order chi connectivity index (χ0) is 22.1. The van der Waals surface area contributed by atoms with Gasteiger partial charge >= 0.3 is 0 Å².